The molecule has 1 aliphatic rings. The van der Waals surface area contributed by atoms with E-state index < -0.39 is 0 Å². The number of amides is 2. The third-order valence-corrected chi connectivity index (χ3v) is 4.85. The van der Waals surface area contributed by atoms with Crippen LogP contribution >= 0.6 is 0 Å². The second-order valence-electron chi connectivity index (χ2n) is 6.85. The van der Waals surface area contributed by atoms with Crippen molar-refractivity contribution in [2.75, 3.05) is 13.1 Å². The second-order valence-corrected chi connectivity index (χ2v) is 6.85. The molecule has 0 fully saturated rings. The number of nitrogens with zero attached hydrogens (tertiary/aromatic N) is 2. The maximum Gasteiger partial charge on any atom is 0.277 e. The number of aryl methyl sites for hydroxylation is 1. The third-order valence-electron chi connectivity index (χ3n) is 4.85. The first-order valence-corrected chi connectivity index (χ1v) is 9.53. The molecule has 0 aromatic heterocycles. The van der Waals surface area contributed by atoms with Gasteiger partial charge < -0.3 is 4.90 Å². The lowest BCUT2D eigenvalue weighted by Gasteiger charge is -2.25. The van der Waals surface area contributed by atoms with E-state index in [2.05, 4.69) is 0 Å². The number of benzene rings is 2. The second kappa shape index (κ2) is 8.21. The van der Waals surface area contributed by atoms with Gasteiger partial charge in [-0.1, -0.05) is 67.1 Å². The van der Waals surface area contributed by atoms with Gasteiger partial charge in [0.2, 0.25) is 0 Å². The summed E-state index contributed by atoms with van der Waals surface area (Å²) in [5, 5.41) is 0. The van der Waals surface area contributed by atoms with Gasteiger partial charge in [0.25, 0.3) is 11.8 Å². The van der Waals surface area contributed by atoms with Crippen LogP contribution < -0.4 is 0 Å². The van der Waals surface area contributed by atoms with Gasteiger partial charge in [-0.05, 0) is 31.4 Å². The molecular weight excluding hydrogens is 336 g/mol. The highest BCUT2D eigenvalue weighted by Gasteiger charge is 2.40. The highest BCUT2D eigenvalue weighted by Crippen LogP contribution is 2.32. The molecule has 0 radical (unpaired) electrons. The summed E-state index contributed by atoms with van der Waals surface area (Å²) in [6.07, 6.45) is 0.747. The average molecular weight is 362 g/mol. The molecule has 140 valence electrons. The average Bonchev–Trinajstić information content (AvgIpc) is 2.93. The van der Waals surface area contributed by atoms with E-state index >= 15 is 0 Å². The Kier molecular flexibility index (Phi) is 5.75. The Labute approximate surface area is 161 Å². The Hall–Kier alpha value is -2.88. The molecule has 4 nitrogen and oxygen atoms in total. The molecule has 0 saturated heterocycles. The molecule has 0 bridgehead atoms. The molecular formula is C23H26N2O2. The largest absolute Gasteiger partial charge is 0.362 e. The molecule has 2 aromatic carbocycles. The minimum Gasteiger partial charge on any atom is -0.362 e. The topological polar surface area (TPSA) is 40.6 Å². The highest BCUT2D eigenvalue weighted by molar-refractivity contribution is 6.35. The number of hydrogen-bond donors (Lipinski definition) is 0. The Balaban J connectivity index is 2.07. The predicted molar refractivity (Wildman–Crippen MR) is 108 cm³/mol. The molecule has 27 heavy (non-hydrogen) atoms. The van der Waals surface area contributed by atoms with E-state index in [-0.39, 0.29) is 11.8 Å². The van der Waals surface area contributed by atoms with Gasteiger partial charge in [0.15, 0.2) is 0 Å². The lowest BCUT2D eigenvalue weighted by atomic mass is 10.0. The molecule has 0 atom stereocenters. The number of carbonyl (C=O) groups is 2. The molecule has 4 heteroatoms. The van der Waals surface area contributed by atoms with E-state index in [0.717, 1.165) is 23.1 Å². The summed E-state index contributed by atoms with van der Waals surface area (Å²) in [5.41, 5.74) is 4.08. The summed E-state index contributed by atoms with van der Waals surface area (Å²) >= 11 is 0. The fourth-order valence-corrected chi connectivity index (χ4v) is 3.42. The lowest BCUT2D eigenvalue weighted by molar-refractivity contribution is -0.137. The van der Waals surface area contributed by atoms with Crippen molar-refractivity contribution in [3.8, 4) is 0 Å². The zero-order chi connectivity index (χ0) is 19.4. The molecule has 2 aromatic rings. The van der Waals surface area contributed by atoms with Crippen molar-refractivity contribution >= 4 is 17.4 Å². The molecule has 0 N–H and O–H groups in total. The van der Waals surface area contributed by atoms with Crippen LogP contribution in [-0.4, -0.2) is 34.7 Å². The maximum atomic E-state index is 13.2. The lowest BCUT2D eigenvalue weighted by Crippen LogP contribution is -2.35. The molecule has 1 heterocycles. The maximum absolute atomic E-state index is 13.2. The van der Waals surface area contributed by atoms with Crippen LogP contribution in [0.15, 0.2) is 60.3 Å². The van der Waals surface area contributed by atoms with Gasteiger partial charge in [-0.2, -0.15) is 0 Å². The van der Waals surface area contributed by atoms with Gasteiger partial charge in [0.1, 0.15) is 5.70 Å². The SMILES string of the molecule is CCCN1C(=O)C(c2ccc(C)cc2)=C(N(CC)Cc2ccccc2)C1=O. The molecule has 0 saturated carbocycles. The van der Waals surface area contributed by atoms with Crippen molar-refractivity contribution in [3.05, 3.63) is 77.0 Å². The van der Waals surface area contributed by atoms with Crippen LogP contribution in [0.1, 0.15) is 37.0 Å². The summed E-state index contributed by atoms with van der Waals surface area (Å²) in [6, 6.07) is 17.9. The predicted octanol–water partition coefficient (Wildman–Crippen LogP) is 4.01. The number of imide groups is 1. The molecule has 1 aliphatic heterocycles. The first kappa shape index (κ1) is 18.9. The van der Waals surface area contributed by atoms with Crippen LogP contribution in [0.4, 0.5) is 0 Å². The quantitative estimate of drug-likeness (QED) is 0.699. The fraction of sp³-hybridized carbons (Fsp3) is 0.304. The minimum atomic E-state index is -0.188. The van der Waals surface area contributed by atoms with Gasteiger partial charge in [-0.15, -0.1) is 0 Å². The summed E-state index contributed by atoms with van der Waals surface area (Å²) in [5.74, 6) is -0.373. The zero-order valence-corrected chi connectivity index (χ0v) is 16.2. The van der Waals surface area contributed by atoms with Gasteiger partial charge >= 0.3 is 0 Å². The molecule has 3 rings (SSSR count). The van der Waals surface area contributed by atoms with Gasteiger partial charge in [0, 0.05) is 19.6 Å². The number of hydrogen-bond acceptors (Lipinski definition) is 3. The van der Waals surface area contributed by atoms with E-state index in [1.807, 2.05) is 80.3 Å². The normalized spacial score (nSPS) is 14.3. The summed E-state index contributed by atoms with van der Waals surface area (Å²) in [6.45, 7) is 7.70. The third kappa shape index (κ3) is 3.80. The van der Waals surface area contributed by atoms with Crippen molar-refractivity contribution in [2.24, 2.45) is 0 Å². The smallest absolute Gasteiger partial charge is 0.277 e. The van der Waals surface area contributed by atoms with Crippen molar-refractivity contribution in [2.45, 2.75) is 33.7 Å². The Morgan fingerprint density at radius 3 is 2.15 bits per heavy atom. The van der Waals surface area contributed by atoms with E-state index in [1.165, 1.54) is 4.90 Å². The fourth-order valence-electron chi connectivity index (χ4n) is 3.42. The van der Waals surface area contributed by atoms with Crippen LogP contribution in [0.3, 0.4) is 0 Å². The first-order chi connectivity index (χ1) is 13.1. The Morgan fingerprint density at radius 1 is 0.889 bits per heavy atom. The molecule has 0 unspecified atom stereocenters. The van der Waals surface area contributed by atoms with Gasteiger partial charge in [0.05, 0.1) is 5.57 Å². The van der Waals surface area contributed by atoms with E-state index in [1.54, 1.807) is 0 Å². The number of carbonyl (C=O) groups excluding carboxylic acids is 2. The standard InChI is InChI=1S/C23H26N2O2/c1-4-15-25-22(26)20(19-13-11-17(3)12-14-19)21(23(25)27)24(5-2)16-18-9-7-6-8-10-18/h6-14H,4-5,15-16H2,1-3H3. The van der Waals surface area contributed by atoms with Crippen molar-refractivity contribution in [1.29, 1.82) is 0 Å². The van der Waals surface area contributed by atoms with E-state index in [9.17, 15) is 9.59 Å². The van der Waals surface area contributed by atoms with Crippen LogP contribution in [-0.2, 0) is 16.1 Å². The molecule has 0 spiro atoms. The van der Waals surface area contributed by atoms with Crippen LogP contribution in [0, 0.1) is 6.92 Å². The number of rotatable bonds is 7. The van der Waals surface area contributed by atoms with Crippen LogP contribution in [0.2, 0.25) is 0 Å². The zero-order valence-electron chi connectivity index (χ0n) is 16.2. The minimum absolute atomic E-state index is 0.185. The number of likely N-dealkylation sites (N-methyl/N-ethyl adjacent to an activating group) is 1. The van der Waals surface area contributed by atoms with Crippen molar-refractivity contribution in [1.82, 2.24) is 9.80 Å². The van der Waals surface area contributed by atoms with Crippen LogP contribution in [0.25, 0.3) is 5.57 Å². The summed E-state index contributed by atoms with van der Waals surface area (Å²) < 4.78 is 0. The Morgan fingerprint density at radius 2 is 1.56 bits per heavy atom. The first-order valence-electron chi connectivity index (χ1n) is 9.53. The van der Waals surface area contributed by atoms with Gasteiger partial charge in [-0.3, -0.25) is 14.5 Å². The van der Waals surface area contributed by atoms with E-state index in [0.29, 0.717) is 30.9 Å². The van der Waals surface area contributed by atoms with Crippen molar-refractivity contribution < 1.29 is 9.59 Å². The summed E-state index contributed by atoms with van der Waals surface area (Å²) in [7, 11) is 0. The van der Waals surface area contributed by atoms with E-state index in [4.69, 9.17) is 0 Å². The summed E-state index contributed by atoms with van der Waals surface area (Å²) in [4.78, 5) is 29.6. The van der Waals surface area contributed by atoms with Crippen LogP contribution in [0.5, 0.6) is 0 Å². The highest BCUT2D eigenvalue weighted by atomic mass is 16.2. The molecule has 2 amide bonds. The monoisotopic (exact) mass is 362 g/mol. The Bertz CT molecular complexity index is 854. The molecule has 0 aliphatic carbocycles. The van der Waals surface area contributed by atoms with Gasteiger partial charge in [-0.25, -0.2) is 0 Å². The van der Waals surface area contributed by atoms with Crippen molar-refractivity contribution in [3.63, 3.8) is 0 Å².